The molecule has 0 bridgehead atoms. The normalized spacial score (nSPS) is 9.93. The quantitative estimate of drug-likeness (QED) is 0.753. The number of carbonyl (C=O) groups excluding carboxylic acids is 1. The summed E-state index contributed by atoms with van der Waals surface area (Å²) in [7, 11) is 1.66. The second-order valence-electron chi connectivity index (χ2n) is 2.96. The number of thioether (sulfide) groups is 1. The molecule has 0 saturated carbocycles. The van der Waals surface area contributed by atoms with Crippen LogP contribution in [-0.4, -0.2) is 31.1 Å². The van der Waals surface area contributed by atoms with Crippen LogP contribution in [0, 0.1) is 0 Å². The number of anilines is 1. The number of nitrogens with one attached hydrogen (secondary N) is 1. The van der Waals surface area contributed by atoms with E-state index in [4.69, 9.17) is 4.74 Å². The highest BCUT2D eigenvalue weighted by molar-refractivity contribution is 7.99. The minimum atomic E-state index is 0.0299. The van der Waals surface area contributed by atoms with Crippen molar-refractivity contribution in [3.8, 4) is 0 Å². The second kappa shape index (κ2) is 7.31. The van der Waals surface area contributed by atoms with Gasteiger partial charge < -0.3 is 10.1 Å². The van der Waals surface area contributed by atoms with Gasteiger partial charge >= 0.3 is 0 Å². The number of ether oxygens (including phenoxy) is 1. The molecular weight excluding hydrogens is 210 g/mol. The first-order valence-corrected chi connectivity index (χ1v) is 5.90. The van der Waals surface area contributed by atoms with E-state index in [1.165, 1.54) is 0 Å². The van der Waals surface area contributed by atoms with Crippen LogP contribution in [0.25, 0.3) is 0 Å². The molecule has 1 aromatic rings. The maximum Gasteiger partial charge on any atom is 0.234 e. The monoisotopic (exact) mass is 225 g/mol. The summed E-state index contributed by atoms with van der Waals surface area (Å²) in [6.45, 7) is 0.684. The van der Waals surface area contributed by atoms with Crippen LogP contribution < -0.4 is 5.32 Å². The van der Waals surface area contributed by atoms with Crippen LogP contribution in [0.4, 0.5) is 5.69 Å². The Hall–Kier alpha value is -1.00. The molecule has 1 rings (SSSR count). The number of benzene rings is 1. The third kappa shape index (κ3) is 5.44. The predicted molar refractivity (Wildman–Crippen MR) is 64.3 cm³/mol. The molecule has 4 heteroatoms. The summed E-state index contributed by atoms with van der Waals surface area (Å²) in [6, 6.07) is 9.46. The largest absolute Gasteiger partial charge is 0.384 e. The topological polar surface area (TPSA) is 38.3 Å². The van der Waals surface area contributed by atoms with Gasteiger partial charge in [-0.2, -0.15) is 0 Å². The van der Waals surface area contributed by atoms with Gasteiger partial charge in [0.2, 0.25) is 5.91 Å². The Bertz CT molecular complexity index is 290. The van der Waals surface area contributed by atoms with E-state index in [-0.39, 0.29) is 5.91 Å². The van der Waals surface area contributed by atoms with Crippen molar-refractivity contribution in [2.75, 3.05) is 30.5 Å². The van der Waals surface area contributed by atoms with Gasteiger partial charge in [0.05, 0.1) is 12.4 Å². The zero-order valence-corrected chi connectivity index (χ0v) is 9.55. The molecule has 1 amide bonds. The van der Waals surface area contributed by atoms with Crippen LogP contribution in [0.3, 0.4) is 0 Å². The number of methoxy groups -OCH3 is 1. The fraction of sp³-hybridized carbons (Fsp3) is 0.364. The second-order valence-corrected chi connectivity index (χ2v) is 4.06. The lowest BCUT2D eigenvalue weighted by Crippen LogP contribution is -2.14. The number of rotatable bonds is 6. The maximum absolute atomic E-state index is 11.4. The molecule has 1 aromatic carbocycles. The fourth-order valence-electron chi connectivity index (χ4n) is 1.03. The van der Waals surface area contributed by atoms with Gasteiger partial charge in [0, 0.05) is 18.6 Å². The SMILES string of the molecule is COCCSCC(=O)Nc1ccccc1. The van der Waals surface area contributed by atoms with Gasteiger partial charge in [-0.25, -0.2) is 0 Å². The zero-order chi connectivity index (χ0) is 10.9. The molecule has 0 atom stereocenters. The van der Waals surface area contributed by atoms with Gasteiger partial charge in [-0.1, -0.05) is 18.2 Å². The lowest BCUT2D eigenvalue weighted by Gasteiger charge is -2.04. The highest BCUT2D eigenvalue weighted by Crippen LogP contribution is 2.06. The van der Waals surface area contributed by atoms with E-state index in [0.29, 0.717) is 12.4 Å². The number of hydrogen-bond acceptors (Lipinski definition) is 3. The average molecular weight is 225 g/mol. The molecule has 0 aliphatic rings. The molecule has 3 nitrogen and oxygen atoms in total. The van der Waals surface area contributed by atoms with Crippen molar-refractivity contribution in [1.29, 1.82) is 0 Å². The van der Waals surface area contributed by atoms with Crippen LogP contribution in [0.5, 0.6) is 0 Å². The molecule has 0 spiro atoms. The predicted octanol–water partition coefficient (Wildman–Crippen LogP) is 2.00. The van der Waals surface area contributed by atoms with E-state index in [1.54, 1.807) is 18.9 Å². The molecule has 0 unspecified atom stereocenters. The molecule has 0 fully saturated rings. The Morgan fingerprint density at radius 1 is 1.40 bits per heavy atom. The smallest absolute Gasteiger partial charge is 0.234 e. The van der Waals surface area contributed by atoms with Crippen molar-refractivity contribution in [2.45, 2.75) is 0 Å². The molecule has 0 aromatic heterocycles. The lowest BCUT2D eigenvalue weighted by atomic mass is 10.3. The van der Waals surface area contributed by atoms with Crippen molar-refractivity contribution < 1.29 is 9.53 Å². The molecule has 0 radical (unpaired) electrons. The Morgan fingerprint density at radius 2 is 2.13 bits per heavy atom. The first-order chi connectivity index (χ1) is 7.33. The molecular formula is C11H15NO2S. The molecule has 0 aliphatic heterocycles. The van der Waals surface area contributed by atoms with Crippen molar-refractivity contribution in [3.05, 3.63) is 30.3 Å². The maximum atomic E-state index is 11.4. The molecule has 0 heterocycles. The van der Waals surface area contributed by atoms with Crippen molar-refractivity contribution in [3.63, 3.8) is 0 Å². The third-order valence-electron chi connectivity index (χ3n) is 1.72. The van der Waals surface area contributed by atoms with Crippen LogP contribution in [0.2, 0.25) is 0 Å². The van der Waals surface area contributed by atoms with E-state index in [2.05, 4.69) is 5.32 Å². The van der Waals surface area contributed by atoms with Crippen LogP contribution in [0.15, 0.2) is 30.3 Å². The molecule has 0 saturated heterocycles. The van der Waals surface area contributed by atoms with Gasteiger partial charge in [0.1, 0.15) is 0 Å². The van der Waals surface area contributed by atoms with Gasteiger partial charge in [0.15, 0.2) is 0 Å². The van der Waals surface area contributed by atoms with E-state index in [0.717, 1.165) is 11.4 Å². The fourth-order valence-corrected chi connectivity index (χ4v) is 1.71. The summed E-state index contributed by atoms with van der Waals surface area (Å²) in [5, 5.41) is 2.82. The molecule has 0 aliphatic carbocycles. The summed E-state index contributed by atoms with van der Waals surface area (Å²) in [5.41, 5.74) is 0.842. The van der Waals surface area contributed by atoms with Crippen LogP contribution >= 0.6 is 11.8 Å². The summed E-state index contributed by atoms with van der Waals surface area (Å²) >= 11 is 1.57. The van der Waals surface area contributed by atoms with Gasteiger partial charge in [0.25, 0.3) is 0 Å². The standard InChI is InChI=1S/C11H15NO2S/c1-14-7-8-15-9-11(13)12-10-5-3-2-4-6-10/h2-6H,7-9H2,1H3,(H,12,13). The summed E-state index contributed by atoms with van der Waals surface area (Å²) in [5.74, 6) is 1.35. The van der Waals surface area contributed by atoms with Gasteiger partial charge in [-0.15, -0.1) is 11.8 Å². The highest BCUT2D eigenvalue weighted by atomic mass is 32.2. The zero-order valence-electron chi connectivity index (χ0n) is 8.73. The average Bonchev–Trinajstić information content (AvgIpc) is 2.26. The van der Waals surface area contributed by atoms with Crippen molar-refractivity contribution >= 4 is 23.4 Å². The summed E-state index contributed by atoms with van der Waals surface area (Å²) in [4.78, 5) is 11.4. The number of hydrogen-bond donors (Lipinski definition) is 1. The number of amides is 1. The first kappa shape index (κ1) is 12.1. The Kier molecular flexibility index (Phi) is 5.88. The number of carbonyl (C=O) groups is 1. The molecule has 1 N–H and O–H groups in total. The van der Waals surface area contributed by atoms with E-state index >= 15 is 0 Å². The van der Waals surface area contributed by atoms with Crippen LogP contribution in [0.1, 0.15) is 0 Å². The molecule has 82 valence electrons. The minimum absolute atomic E-state index is 0.0299. The summed E-state index contributed by atoms with van der Waals surface area (Å²) < 4.78 is 4.89. The summed E-state index contributed by atoms with van der Waals surface area (Å²) in [6.07, 6.45) is 0. The Morgan fingerprint density at radius 3 is 2.80 bits per heavy atom. The highest BCUT2D eigenvalue weighted by Gasteiger charge is 2.01. The lowest BCUT2D eigenvalue weighted by molar-refractivity contribution is -0.113. The number of para-hydroxylation sites is 1. The van der Waals surface area contributed by atoms with Crippen molar-refractivity contribution in [1.82, 2.24) is 0 Å². The van der Waals surface area contributed by atoms with Gasteiger partial charge in [-0.3, -0.25) is 4.79 Å². The molecule has 15 heavy (non-hydrogen) atoms. The third-order valence-corrected chi connectivity index (χ3v) is 2.64. The first-order valence-electron chi connectivity index (χ1n) is 4.74. The van der Waals surface area contributed by atoms with E-state index < -0.39 is 0 Å². The van der Waals surface area contributed by atoms with Crippen molar-refractivity contribution in [2.24, 2.45) is 0 Å². The van der Waals surface area contributed by atoms with E-state index in [1.807, 2.05) is 30.3 Å². The van der Waals surface area contributed by atoms with E-state index in [9.17, 15) is 4.79 Å². The van der Waals surface area contributed by atoms with Crippen LogP contribution in [-0.2, 0) is 9.53 Å². The Balaban J connectivity index is 2.19. The Labute approximate surface area is 94.2 Å². The van der Waals surface area contributed by atoms with Gasteiger partial charge in [-0.05, 0) is 12.1 Å². The minimum Gasteiger partial charge on any atom is -0.384 e.